The maximum Gasteiger partial charge on any atom is 0.155 e. The average Bonchev–Trinajstić information content (AvgIpc) is 2.62. The van der Waals surface area contributed by atoms with Crippen LogP contribution >= 0.6 is 22.6 Å². The molecule has 0 saturated heterocycles. The van der Waals surface area contributed by atoms with Gasteiger partial charge in [-0.25, -0.2) is 9.97 Å². The summed E-state index contributed by atoms with van der Waals surface area (Å²) in [6, 6.07) is 4.01. The van der Waals surface area contributed by atoms with Crippen LogP contribution in [0.15, 0.2) is 24.5 Å². The zero-order valence-electron chi connectivity index (χ0n) is 7.08. The zero-order chi connectivity index (χ0) is 9.26. The van der Waals surface area contributed by atoms with E-state index in [-0.39, 0.29) is 0 Å². The van der Waals surface area contributed by atoms with Gasteiger partial charge in [-0.2, -0.15) is 0 Å². The number of aromatic nitrogens is 3. The molecule has 66 valence electrons. The molecule has 0 aliphatic carbocycles. The average molecular weight is 285 g/mol. The zero-order valence-corrected chi connectivity index (χ0v) is 9.24. The Morgan fingerprint density at radius 1 is 1.38 bits per heavy atom. The van der Waals surface area contributed by atoms with E-state index in [0.717, 1.165) is 17.2 Å². The van der Waals surface area contributed by atoms with Crippen molar-refractivity contribution in [1.82, 2.24) is 15.0 Å². The maximum absolute atomic E-state index is 4.41. The highest BCUT2D eigenvalue weighted by Gasteiger charge is 2.02. The Morgan fingerprint density at radius 3 is 2.85 bits per heavy atom. The van der Waals surface area contributed by atoms with E-state index in [1.165, 1.54) is 3.57 Å². The molecule has 2 aromatic heterocycles. The van der Waals surface area contributed by atoms with Gasteiger partial charge in [0.2, 0.25) is 0 Å². The van der Waals surface area contributed by atoms with E-state index in [4.69, 9.17) is 0 Å². The molecular weight excluding hydrogens is 277 g/mol. The van der Waals surface area contributed by atoms with Crippen LogP contribution in [0.1, 0.15) is 5.69 Å². The molecule has 13 heavy (non-hydrogen) atoms. The molecule has 3 nitrogen and oxygen atoms in total. The van der Waals surface area contributed by atoms with Crippen LogP contribution < -0.4 is 0 Å². The fourth-order valence-electron chi connectivity index (χ4n) is 1.08. The van der Waals surface area contributed by atoms with Crippen LogP contribution in [0.2, 0.25) is 0 Å². The highest BCUT2D eigenvalue weighted by Crippen LogP contribution is 2.15. The molecule has 0 amide bonds. The molecular formula is C9H8IN3. The van der Waals surface area contributed by atoms with Gasteiger partial charge in [-0.15, -0.1) is 0 Å². The molecule has 4 heteroatoms. The smallest absolute Gasteiger partial charge is 0.155 e. The summed E-state index contributed by atoms with van der Waals surface area (Å²) in [4.78, 5) is 11.6. The summed E-state index contributed by atoms with van der Waals surface area (Å²) in [5, 5.41) is 0. The number of hydrogen-bond donors (Lipinski definition) is 1. The van der Waals surface area contributed by atoms with Crippen molar-refractivity contribution >= 4 is 22.6 Å². The van der Waals surface area contributed by atoms with Crippen LogP contribution in [0.25, 0.3) is 11.5 Å². The molecule has 0 fully saturated rings. The minimum atomic E-state index is 0.819. The van der Waals surface area contributed by atoms with Crippen molar-refractivity contribution in [2.75, 3.05) is 0 Å². The molecule has 2 rings (SSSR count). The molecule has 0 unspecified atom stereocenters. The number of aromatic amines is 1. The van der Waals surface area contributed by atoms with Gasteiger partial charge in [-0.3, -0.25) is 0 Å². The summed E-state index contributed by atoms with van der Waals surface area (Å²) in [5.74, 6) is 0.819. The van der Waals surface area contributed by atoms with E-state index in [9.17, 15) is 0 Å². The first-order chi connectivity index (χ1) is 6.27. The Balaban J connectivity index is 2.49. The number of nitrogens with one attached hydrogen (secondary N) is 1. The third kappa shape index (κ3) is 1.72. The van der Waals surface area contributed by atoms with Crippen LogP contribution in [0, 0.1) is 10.5 Å². The molecule has 0 aliphatic heterocycles. The fraction of sp³-hybridized carbons (Fsp3) is 0.111. The summed E-state index contributed by atoms with van der Waals surface area (Å²) in [6.45, 7) is 1.99. The predicted molar refractivity (Wildman–Crippen MR) is 59.3 cm³/mol. The number of pyridine rings is 1. The summed E-state index contributed by atoms with van der Waals surface area (Å²) in [5.41, 5.74) is 1.93. The van der Waals surface area contributed by atoms with Crippen molar-refractivity contribution in [1.29, 1.82) is 0 Å². The fourth-order valence-corrected chi connectivity index (χ4v) is 1.38. The number of H-pyrrole nitrogens is 1. The van der Waals surface area contributed by atoms with Crippen molar-refractivity contribution in [3.05, 3.63) is 33.8 Å². The predicted octanol–water partition coefficient (Wildman–Crippen LogP) is 2.38. The Kier molecular flexibility index (Phi) is 2.30. The topological polar surface area (TPSA) is 41.6 Å². The van der Waals surface area contributed by atoms with Gasteiger partial charge in [0.1, 0.15) is 5.69 Å². The molecule has 2 heterocycles. The second kappa shape index (κ2) is 3.45. The lowest BCUT2D eigenvalue weighted by Gasteiger charge is -1.99. The van der Waals surface area contributed by atoms with Crippen molar-refractivity contribution in [3.8, 4) is 11.5 Å². The minimum Gasteiger partial charge on any atom is -0.343 e. The molecule has 0 saturated carbocycles. The largest absolute Gasteiger partial charge is 0.343 e. The molecule has 0 atom stereocenters. The van der Waals surface area contributed by atoms with Crippen molar-refractivity contribution in [2.24, 2.45) is 0 Å². The van der Waals surface area contributed by atoms with Gasteiger partial charge in [-0.1, -0.05) is 0 Å². The molecule has 1 N–H and O–H groups in total. The number of aryl methyl sites for hydroxylation is 1. The monoisotopic (exact) mass is 285 g/mol. The maximum atomic E-state index is 4.41. The molecule has 0 aliphatic rings. The van der Waals surface area contributed by atoms with E-state index in [1.54, 1.807) is 12.4 Å². The van der Waals surface area contributed by atoms with Crippen molar-refractivity contribution in [2.45, 2.75) is 6.92 Å². The van der Waals surface area contributed by atoms with E-state index < -0.39 is 0 Å². The van der Waals surface area contributed by atoms with Gasteiger partial charge in [0.05, 0.1) is 5.69 Å². The van der Waals surface area contributed by atoms with Crippen molar-refractivity contribution in [3.63, 3.8) is 0 Å². The van der Waals surface area contributed by atoms with Gasteiger partial charge in [-0.05, 0) is 41.6 Å². The highest BCUT2D eigenvalue weighted by atomic mass is 127. The van der Waals surface area contributed by atoms with Gasteiger partial charge in [0.25, 0.3) is 0 Å². The quantitative estimate of drug-likeness (QED) is 0.817. The lowest BCUT2D eigenvalue weighted by Crippen LogP contribution is -1.90. The summed E-state index contributed by atoms with van der Waals surface area (Å²) in [6.07, 6.45) is 3.52. The summed E-state index contributed by atoms with van der Waals surface area (Å²) >= 11 is 2.27. The van der Waals surface area contributed by atoms with Gasteiger partial charge < -0.3 is 4.98 Å². The summed E-state index contributed by atoms with van der Waals surface area (Å²) < 4.78 is 1.17. The Bertz CT molecular complexity index is 409. The van der Waals surface area contributed by atoms with E-state index in [2.05, 4.69) is 37.5 Å². The van der Waals surface area contributed by atoms with E-state index in [0.29, 0.717) is 0 Å². The standard InChI is InChI=1S/C9H8IN3/c1-6-7(10)2-3-8(13-6)9-11-4-5-12-9/h2-5H,1H3,(H,11,12). The first-order valence-electron chi connectivity index (χ1n) is 3.90. The third-order valence-electron chi connectivity index (χ3n) is 1.76. The SMILES string of the molecule is Cc1nc(-c2ncc[nH]2)ccc1I. The Labute approximate surface area is 89.8 Å². The van der Waals surface area contributed by atoms with Crippen LogP contribution in [0.3, 0.4) is 0 Å². The van der Waals surface area contributed by atoms with Gasteiger partial charge in [0.15, 0.2) is 5.82 Å². The molecule has 0 spiro atoms. The van der Waals surface area contributed by atoms with E-state index >= 15 is 0 Å². The molecule has 0 radical (unpaired) electrons. The van der Waals surface area contributed by atoms with Crippen LogP contribution in [0.4, 0.5) is 0 Å². The molecule has 0 bridgehead atoms. The first-order valence-corrected chi connectivity index (χ1v) is 4.98. The number of nitrogens with zero attached hydrogens (tertiary/aromatic N) is 2. The Hall–Kier alpha value is -0.910. The number of imidazole rings is 1. The minimum absolute atomic E-state index is 0.819. The lowest BCUT2D eigenvalue weighted by atomic mass is 10.3. The third-order valence-corrected chi connectivity index (χ3v) is 2.90. The normalized spacial score (nSPS) is 10.3. The highest BCUT2D eigenvalue weighted by molar-refractivity contribution is 14.1. The van der Waals surface area contributed by atoms with Crippen molar-refractivity contribution < 1.29 is 0 Å². The second-order valence-corrected chi connectivity index (χ2v) is 3.86. The summed E-state index contributed by atoms with van der Waals surface area (Å²) in [7, 11) is 0. The second-order valence-electron chi connectivity index (χ2n) is 2.70. The first kappa shape index (κ1) is 8.68. The Morgan fingerprint density at radius 2 is 2.23 bits per heavy atom. The van der Waals surface area contributed by atoms with Gasteiger partial charge in [0, 0.05) is 16.0 Å². The van der Waals surface area contributed by atoms with E-state index in [1.807, 2.05) is 19.1 Å². The van der Waals surface area contributed by atoms with Crippen LogP contribution in [-0.4, -0.2) is 15.0 Å². The number of hydrogen-bond acceptors (Lipinski definition) is 2. The van der Waals surface area contributed by atoms with Crippen LogP contribution in [-0.2, 0) is 0 Å². The van der Waals surface area contributed by atoms with Crippen LogP contribution in [0.5, 0.6) is 0 Å². The number of halogens is 1. The number of rotatable bonds is 1. The van der Waals surface area contributed by atoms with Gasteiger partial charge >= 0.3 is 0 Å². The molecule has 2 aromatic rings. The lowest BCUT2D eigenvalue weighted by molar-refractivity contribution is 1.15. The molecule has 0 aromatic carbocycles.